The second kappa shape index (κ2) is 7.96. The molecule has 1 aromatic carbocycles. The van der Waals surface area contributed by atoms with Crippen molar-refractivity contribution >= 4 is 27.5 Å². The fourth-order valence-corrected chi connectivity index (χ4v) is 2.22. The smallest absolute Gasteiger partial charge is 0.122 e. The predicted octanol–water partition coefficient (Wildman–Crippen LogP) is 3.56. The summed E-state index contributed by atoms with van der Waals surface area (Å²) in [6, 6.07) is 6.12. The van der Waals surface area contributed by atoms with Crippen molar-refractivity contribution in [3.8, 4) is 5.75 Å². The Hall–Kier alpha value is -0.250. The van der Waals surface area contributed by atoms with Gasteiger partial charge in [0.25, 0.3) is 0 Å². The summed E-state index contributed by atoms with van der Waals surface area (Å²) in [7, 11) is 3.83. The van der Waals surface area contributed by atoms with Crippen molar-refractivity contribution < 1.29 is 4.74 Å². The summed E-state index contributed by atoms with van der Waals surface area (Å²) in [5.41, 5.74) is 1.24. The molecule has 0 bridgehead atoms. The SMILES string of the molecule is COc1ccc(Br)cc1CCN(C)CCCCl. The largest absolute Gasteiger partial charge is 0.496 e. The molecule has 1 aromatic rings. The normalized spacial score (nSPS) is 10.9. The number of hydrogen-bond acceptors (Lipinski definition) is 2. The average Bonchev–Trinajstić information content (AvgIpc) is 2.34. The van der Waals surface area contributed by atoms with Crippen molar-refractivity contribution in [2.75, 3.05) is 33.1 Å². The summed E-state index contributed by atoms with van der Waals surface area (Å²) in [5.74, 6) is 1.68. The molecule has 0 aromatic heterocycles. The lowest BCUT2D eigenvalue weighted by molar-refractivity contribution is 0.336. The molecule has 0 atom stereocenters. The molecule has 2 nitrogen and oxygen atoms in total. The number of methoxy groups -OCH3 is 1. The van der Waals surface area contributed by atoms with Crippen molar-refractivity contribution in [1.82, 2.24) is 4.90 Å². The lowest BCUT2D eigenvalue weighted by atomic mass is 10.1. The number of halogens is 2. The molecule has 0 amide bonds. The van der Waals surface area contributed by atoms with Gasteiger partial charge in [-0.3, -0.25) is 0 Å². The van der Waals surface area contributed by atoms with Crippen molar-refractivity contribution in [3.05, 3.63) is 28.2 Å². The second-order valence-electron chi connectivity index (χ2n) is 4.05. The third kappa shape index (κ3) is 5.28. The van der Waals surface area contributed by atoms with Crippen LogP contribution in [-0.4, -0.2) is 38.0 Å². The highest BCUT2D eigenvalue weighted by atomic mass is 79.9. The van der Waals surface area contributed by atoms with Crippen LogP contribution in [0.15, 0.2) is 22.7 Å². The van der Waals surface area contributed by atoms with Crippen LogP contribution in [0.25, 0.3) is 0 Å². The van der Waals surface area contributed by atoms with E-state index < -0.39 is 0 Å². The second-order valence-corrected chi connectivity index (χ2v) is 5.35. The third-order valence-corrected chi connectivity index (χ3v) is 3.44. The molecule has 0 unspecified atom stereocenters. The van der Waals surface area contributed by atoms with Gasteiger partial charge in [0.15, 0.2) is 0 Å². The Balaban J connectivity index is 2.52. The van der Waals surface area contributed by atoms with E-state index in [-0.39, 0.29) is 0 Å². The van der Waals surface area contributed by atoms with Crippen LogP contribution >= 0.6 is 27.5 Å². The maximum Gasteiger partial charge on any atom is 0.122 e. The zero-order chi connectivity index (χ0) is 12.7. The minimum absolute atomic E-state index is 0.727. The average molecular weight is 321 g/mol. The lowest BCUT2D eigenvalue weighted by Gasteiger charge is -2.17. The van der Waals surface area contributed by atoms with E-state index in [1.807, 2.05) is 12.1 Å². The molecule has 96 valence electrons. The minimum Gasteiger partial charge on any atom is -0.496 e. The topological polar surface area (TPSA) is 12.5 Å². The van der Waals surface area contributed by atoms with E-state index in [9.17, 15) is 0 Å². The van der Waals surface area contributed by atoms with Crippen LogP contribution in [0.2, 0.25) is 0 Å². The van der Waals surface area contributed by atoms with Crippen LogP contribution < -0.4 is 4.74 Å². The van der Waals surface area contributed by atoms with Gasteiger partial charge in [-0.05, 0) is 50.2 Å². The van der Waals surface area contributed by atoms with Gasteiger partial charge >= 0.3 is 0 Å². The molecule has 0 N–H and O–H groups in total. The summed E-state index contributed by atoms with van der Waals surface area (Å²) in [6.07, 6.45) is 2.02. The van der Waals surface area contributed by atoms with E-state index in [4.69, 9.17) is 16.3 Å². The van der Waals surface area contributed by atoms with Crippen LogP contribution in [0.1, 0.15) is 12.0 Å². The summed E-state index contributed by atoms with van der Waals surface area (Å²) in [6.45, 7) is 2.06. The molecule has 0 saturated heterocycles. The maximum atomic E-state index is 5.68. The number of nitrogens with zero attached hydrogens (tertiary/aromatic N) is 1. The first-order valence-electron chi connectivity index (χ1n) is 5.74. The highest BCUT2D eigenvalue weighted by Crippen LogP contribution is 2.23. The Morgan fingerprint density at radius 2 is 2.12 bits per heavy atom. The van der Waals surface area contributed by atoms with E-state index in [0.717, 1.165) is 42.0 Å². The first-order valence-corrected chi connectivity index (χ1v) is 7.07. The van der Waals surface area contributed by atoms with E-state index in [1.165, 1.54) is 5.56 Å². The van der Waals surface area contributed by atoms with Crippen LogP contribution in [-0.2, 0) is 6.42 Å². The van der Waals surface area contributed by atoms with Crippen molar-refractivity contribution in [3.63, 3.8) is 0 Å². The molecule has 1 rings (SSSR count). The van der Waals surface area contributed by atoms with Crippen molar-refractivity contribution in [1.29, 1.82) is 0 Å². The van der Waals surface area contributed by atoms with E-state index in [2.05, 4.69) is 33.9 Å². The summed E-state index contributed by atoms with van der Waals surface area (Å²) in [4.78, 5) is 2.29. The van der Waals surface area contributed by atoms with Gasteiger partial charge in [0.1, 0.15) is 5.75 Å². The molecule has 0 fully saturated rings. The standard InChI is InChI=1S/C13H19BrClNO/c1-16(8-3-7-15)9-6-11-10-12(14)4-5-13(11)17-2/h4-5,10H,3,6-9H2,1-2H3. The molecule has 4 heteroatoms. The minimum atomic E-state index is 0.727. The Morgan fingerprint density at radius 3 is 2.76 bits per heavy atom. The molecular formula is C13H19BrClNO. The van der Waals surface area contributed by atoms with E-state index >= 15 is 0 Å². The van der Waals surface area contributed by atoms with E-state index in [0.29, 0.717) is 0 Å². The molecule has 17 heavy (non-hydrogen) atoms. The highest BCUT2D eigenvalue weighted by molar-refractivity contribution is 9.10. The number of benzene rings is 1. The van der Waals surface area contributed by atoms with Gasteiger partial charge in [0, 0.05) is 16.9 Å². The summed E-state index contributed by atoms with van der Waals surface area (Å²) >= 11 is 9.17. The van der Waals surface area contributed by atoms with Gasteiger partial charge in [0.2, 0.25) is 0 Å². The Bertz CT molecular complexity index is 346. The number of hydrogen-bond donors (Lipinski definition) is 0. The van der Waals surface area contributed by atoms with Gasteiger partial charge in [-0.1, -0.05) is 15.9 Å². The number of alkyl halides is 1. The molecule has 0 radical (unpaired) electrons. The molecule has 0 aliphatic carbocycles. The lowest BCUT2D eigenvalue weighted by Crippen LogP contribution is -2.22. The molecule has 0 heterocycles. The Labute approximate surface area is 117 Å². The fraction of sp³-hybridized carbons (Fsp3) is 0.538. The molecule has 0 spiro atoms. The monoisotopic (exact) mass is 319 g/mol. The van der Waals surface area contributed by atoms with Crippen molar-refractivity contribution in [2.45, 2.75) is 12.8 Å². The first kappa shape index (κ1) is 14.8. The van der Waals surface area contributed by atoms with Gasteiger partial charge in [-0.15, -0.1) is 11.6 Å². The van der Waals surface area contributed by atoms with Crippen LogP contribution in [0, 0.1) is 0 Å². The highest BCUT2D eigenvalue weighted by Gasteiger charge is 2.05. The molecule has 0 saturated carbocycles. The van der Waals surface area contributed by atoms with Gasteiger partial charge in [-0.25, -0.2) is 0 Å². The number of ether oxygens (including phenoxy) is 1. The summed E-state index contributed by atoms with van der Waals surface area (Å²) in [5, 5.41) is 0. The van der Waals surface area contributed by atoms with Gasteiger partial charge in [0.05, 0.1) is 7.11 Å². The molecular weight excluding hydrogens is 302 g/mol. The van der Waals surface area contributed by atoms with Gasteiger partial charge < -0.3 is 9.64 Å². The zero-order valence-corrected chi connectivity index (χ0v) is 12.7. The third-order valence-electron chi connectivity index (χ3n) is 2.68. The summed E-state index contributed by atoms with van der Waals surface area (Å²) < 4.78 is 6.45. The Morgan fingerprint density at radius 1 is 1.35 bits per heavy atom. The molecule has 0 aliphatic heterocycles. The zero-order valence-electron chi connectivity index (χ0n) is 10.4. The number of rotatable bonds is 7. The number of likely N-dealkylation sites (N-methyl/N-ethyl adjacent to an activating group) is 1. The first-order chi connectivity index (χ1) is 8.17. The van der Waals surface area contributed by atoms with E-state index in [1.54, 1.807) is 7.11 Å². The Kier molecular flexibility index (Phi) is 6.93. The van der Waals surface area contributed by atoms with Crippen molar-refractivity contribution in [2.24, 2.45) is 0 Å². The van der Waals surface area contributed by atoms with Gasteiger partial charge in [-0.2, -0.15) is 0 Å². The quantitative estimate of drug-likeness (QED) is 0.712. The fourth-order valence-electron chi connectivity index (χ4n) is 1.70. The predicted molar refractivity (Wildman–Crippen MR) is 77.2 cm³/mol. The van der Waals surface area contributed by atoms with Crippen LogP contribution in [0.5, 0.6) is 5.75 Å². The van der Waals surface area contributed by atoms with Crippen LogP contribution in [0.4, 0.5) is 0 Å². The molecule has 0 aliphatic rings. The maximum absolute atomic E-state index is 5.68. The van der Waals surface area contributed by atoms with Crippen LogP contribution in [0.3, 0.4) is 0 Å².